The van der Waals surface area contributed by atoms with Crippen molar-refractivity contribution in [2.75, 3.05) is 0 Å². The van der Waals surface area contributed by atoms with Crippen LogP contribution in [0.2, 0.25) is 0 Å². The molecule has 0 aromatic heterocycles. The number of carbonyl (C=O) groups excluding carboxylic acids is 1. The van der Waals surface area contributed by atoms with E-state index in [4.69, 9.17) is 4.74 Å². The average molecular weight is 513 g/mol. The molecule has 2 fully saturated rings. The molecule has 6 heteroatoms. The molecule has 0 spiro atoms. The van der Waals surface area contributed by atoms with Gasteiger partial charge < -0.3 is 20.1 Å². The normalized spacial score (nSPS) is 43.6. The zero-order valence-corrected chi connectivity index (χ0v) is 23.4. The Morgan fingerprint density at radius 3 is 2.43 bits per heavy atom. The van der Waals surface area contributed by atoms with E-state index in [2.05, 4.69) is 39.8 Å². The second-order valence-electron chi connectivity index (χ2n) is 12.8. The molecule has 0 radical (unpaired) electrons. The van der Waals surface area contributed by atoms with Crippen molar-refractivity contribution in [3.05, 3.63) is 46.6 Å². The molecule has 1 unspecified atom stereocenters. The van der Waals surface area contributed by atoms with E-state index >= 15 is 0 Å². The molecule has 0 aliphatic heterocycles. The van der Waals surface area contributed by atoms with Gasteiger partial charge in [-0.2, -0.15) is 0 Å². The van der Waals surface area contributed by atoms with Gasteiger partial charge in [0, 0.05) is 34.8 Å². The van der Waals surface area contributed by atoms with Crippen molar-refractivity contribution < 1.29 is 29.6 Å². The summed E-state index contributed by atoms with van der Waals surface area (Å²) in [6, 6.07) is 0. The van der Waals surface area contributed by atoms with Crippen molar-refractivity contribution in [3.63, 3.8) is 0 Å². The number of carbonyl (C=O) groups is 2. The number of allylic oxidation sites excluding steroid dienone is 4. The number of carboxylic acid groups (broad SMARTS) is 1. The fourth-order valence-electron chi connectivity index (χ4n) is 8.47. The molecule has 0 amide bonds. The zero-order chi connectivity index (χ0) is 27.5. The van der Waals surface area contributed by atoms with Crippen LogP contribution in [0, 0.1) is 34.0 Å². The van der Waals surface area contributed by atoms with Gasteiger partial charge in [-0.15, -0.1) is 0 Å². The van der Waals surface area contributed by atoms with Crippen molar-refractivity contribution in [3.8, 4) is 0 Å². The van der Waals surface area contributed by atoms with Crippen molar-refractivity contribution in [1.82, 2.24) is 0 Å². The molecule has 2 saturated carbocycles. The highest BCUT2D eigenvalue weighted by atomic mass is 16.5. The Labute approximate surface area is 221 Å². The molecule has 4 rings (SSSR count). The predicted molar refractivity (Wildman–Crippen MR) is 142 cm³/mol. The van der Waals surface area contributed by atoms with Gasteiger partial charge in [0.2, 0.25) is 0 Å². The van der Waals surface area contributed by atoms with Gasteiger partial charge in [-0.1, -0.05) is 57.6 Å². The summed E-state index contributed by atoms with van der Waals surface area (Å²) in [5, 5.41) is 32.7. The van der Waals surface area contributed by atoms with Crippen molar-refractivity contribution in [1.29, 1.82) is 0 Å². The highest BCUT2D eigenvalue weighted by Crippen LogP contribution is 2.71. The van der Waals surface area contributed by atoms with Crippen LogP contribution < -0.4 is 0 Å². The van der Waals surface area contributed by atoms with Crippen molar-refractivity contribution in [2.24, 2.45) is 34.0 Å². The summed E-state index contributed by atoms with van der Waals surface area (Å²) in [7, 11) is 0. The van der Waals surface area contributed by atoms with Crippen LogP contribution in [0.1, 0.15) is 80.6 Å². The van der Waals surface area contributed by atoms with Crippen LogP contribution in [-0.2, 0) is 14.3 Å². The standard InChI is InChI=1S/C31H44O6/c1-17(2)9-8-10-20(28(35)36)26-22-15-24(34)27-29(5)13-12-23(33)18(3)21(29)11-14-30(27,6)31(22,7)16-25(26)37-19(4)32/h9,11,14-15,18,21,23-25,27,33-34H,8,10,12-13,16H2,1-7H3,(H,35,36)/b26-20-/t18-,21+,23-,24-,25+,27?,29+,30+,31+/m1/s1. The lowest BCUT2D eigenvalue weighted by molar-refractivity contribution is -0.150. The fraction of sp³-hybridized carbons (Fsp3) is 0.677. The quantitative estimate of drug-likeness (QED) is 0.260. The molecule has 204 valence electrons. The van der Waals surface area contributed by atoms with E-state index in [0.29, 0.717) is 31.3 Å². The van der Waals surface area contributed by atoms with Crippen LogP contribution in [0.3, 0.4) is 0 Å². The van der Waals surface area contributed by atoms with Crippen LogP contribution in [0.5, 0.6) is 0 Å². The summed E-state index contributed by atoms with van der Waals surface area (Å²) >= 11 is 0. The summed E-state index contributed by atoms with van der Waals surface area (Å²) in [4.78, 5) is 24.8. The minimum absolute atomic E-state index is 0.0893. The van der Waals surface area contributed by atoms with Crippen LogP contribution in [0.25, 0.3) is 0 Å². The summed E-state index contributed by atoms with van der Waals surface area (Å²) in [5.74, 6) is -1.34. The summed E-state index contributed by atoms with van der Waals surface area (Å²) in [6.07, 6.45) is 9.38. The number of hydrogen-bond donors (Lipinski definition) is 3. The highest BCUT2D eigenvalue weighted by molar-refractivity contribution is 5.89. The SMILES string of the molecule is CC(=O)O[C@H]1C[C@@]2(C)C(=C[C@@H](O)C3[C@]2(C)C=C[C@H]2[C@@H](C)[C@H](O)CC[C@]32C)/C1=C(\CCC=C(C)C)C(=O)O. The lowest BCUT2D eigenvalue weighted by Gasteiger charge is -2.64. The van der Waals surface area contributed by atoms with Crippen LogP contribution in [0.4, 0.5) is 0 Å². The molecule has 6 nitrogen and oxygen atoms in total. The number of hydrogen-bond acceptors (Lipinski definition) is 5. The molecular formula is C31H44O6. The van der Waals surface area contributed by atoms with E-state index in [1.165, 1.54) is 6.92 Å². The summed E-state index contributed by atoms with van der Waals surface area (Å²) in [6.45, 7) is 14.0. The Bertz CT molecular complexity index is 1090. The molecule has 9 atom stereocenters. The predicted octanol–water partition coefficient (Wildman–Crippen LogP) is 5.36. The number of ether oxygens (including phenoxy) is 1. The van der Waals surface area contributed by atoms with E-state index in [9.17, 15) is 24.9 Å². The van der Waals surface area contributed by atoms with Gasteiger partial charge in [-0.3, -0.25) is 4.79 Å². The molecule has 37 heavy (non-hydrogen) atoms. The molecule has 3 N–H and O–H groups in total. The first-order chi connectivity index (χ1) is 17.2. The van der Waals surface area contributed by atoms with Gasteiger partial charge in [0.05, 0.1) is 12.2 Å². The maximum absolute atomic E-state index is 12.6. The Hall–Kier alpha value is -2.18. The van der Waals surface area contributed by atoms with Gasteiger partial charge in [-0.25, -0.2) is 4.79 Å². The monoisotopic (exact) mass is 512 g/mol. The van der Waals surface area contributed by atoms with Crippen LogP contribution >= 0.6 is 0 Å². The van der Waals surface area contributed by atoms with E-state index in [0.717, 1.165) is 17.6 Å². The van der Waals surface area contributed by atoms with Crippen molar-refractivity contribution in [2.45, 2.75) is 98.9 Å². The van der Waals surface area contributed by atoms with E-state index in [1.54, 1.807) is 0 Å². The van der Waals surface area contributed by atoms with Gasteiger partial charge in [-0.05, 0) is 68.8 Å². The number of carboxylic acids is 1. The van der Waals surface area contributed by atoms with E-state index in [-0.39, 0.29) is 34.8 Å². The molecule has 0 bridgehead atoms. The van der Waals surface area contributed by atoms with Gasteiger partial charge in [0.15, 0.2) is 0 Å². The maximum Gasteiger partial charge on any atom is 0.331 e. The minimum atomic E-state index is -1.01. The number of aliphatic carboxylic acids is 1. The average Bonchev–Trinajstić information content (AvgIpc) is 3.05. The third-order valence-electron chi connectivity index (χ3n) is 10.4. The Morgan fingerprint density at radius 2 is 1.84 bits per heavy atom. The van der Waals surface area contributed by atoms with Gasteiger partial charge >= 0.3 is 11.9 Å². The maximum atomic E-state index is 12.6. The first kappa shape index (κ1) is 27.8. The minimum Gasteiger partial charge on any atom is -0.478 e. The molecular weight excluding hydrogens is 468 g/mol. The number of rotatable bonds is 5. The highest BCUT2D eigenvalue weighted by Gasteiger charge is 2.67. The van der Waals surface area contributed by atoms with E-state index in [1.807, 2.05) is 26.0 Å². The number of aliphatic hydroxyl groups is 2. The lowest BCUT2D eigenvalue weighted by Crippen LogP contribution is -2.61. The molecule has 4 aliphatic carbocycles. The molecule has 0 heterocycles. The largest absolute Gasteiger partial charge is 0.478 e. The Kier molecular flexibility index (Phi) is 7.17. The first-order valence-corrected chi connectivity index (χ1v) is 13.7. The second kappa shape index (κ2) is 9.53. The van der Waals surface area contributed by atoms with Gasteiger partial charge in [0.1, 0.15) is 6.10 Å². The Morgan fingerprint density at radius 1 is 1.16 bits per heavy atom. The van der Waals surface area contributed by atoms with Gasteiger partial charge in [0.25, 0.3) is 0 Å². The number of aliphatic hydroxyl groups excluding tert-OH is 2. The van der Waals surface area contributed by atoms with E-state index < -0.39 is 35.0 Å². The Balaban J connectivity index is 1.90. The summed E-state index contributed by atoms with van der Waals surface area (Å²) in [5.41, 5.74) is 1.48. The fourth-order valence-corrected chi connectivity index (χ4v) is 8.47. The molecule has 0 saturated heterocycles. The number of esters is 1. The molecule has 0 aromatic rings. The van der Waals surface area contributed by atoms with Crippen molar-refractivity contribution >= 4 is 11.9 Å². The molecule has 4 aliphatic rings. The number of fused-ring (bicyclic) bond motifs is 5. The van der Waals surface area contributed by atoms with Crippen LogP contribution in [-0.4, -0.2) is 45.6 Å². The second-order valence-corrected chi connectivity index (χ2v) is 12.8. The summed E-state index contributed by atoms with van der Waals surface area (Å²) < 4.78 is 5.81. The lowest BCUT2D eigenvalue weighted by atomic mass is 9.40. The topological polar surface area (TPSA) is 104 Å². The third kappa shape index (κ3) is 4.24. The first-order valence-electron chi connectivity index (χ1n) is 13.7. The zero-order valence-electron chi connectivity index (χ0n) is 23.4. The smallest absolute Gasteiger partial charge is 0.331 e. The van der Waals surface area contributed by atoms with Crippen LogP contribution in [0.15, 0.2) is 46.6 Å². The molecule has 0 aromatic carbocycles. The third-order valence-corrected chi connectivity index (χ3v) is 10.4.